The molecule has 6 nitrogen and oxygen atoms in total. The number of anilines is 1. The van der Waals surface area contributed by atoms with E-state index in [4.69, 9.17) is 19.9 Å². The lowest BCUT2D eigenvalue weighted by Gasteiger charge is -2.31. The summed E-state index contributed by atoms with van der Waals surface area (Å²) >= 11 is 0. The molecule has 0 saturated heterocycles. The van der Waals surface area contributed by atoms with Gasteiger partial charge in [-0.2, -0.15) is 0 Å². The molecule has 4 N–H and O–H groups in total. The number of aliphatic hydroxyl groups is 1. The minimum absolute atomic E-state index is 0.0763. The summed E-state index contributed by atoms with van der Waals surface area (Å²) in [5.74, 6) is 2.12. The molecular formula is C50H48N2O4. The Morgan fingerprint density at radius 2 is 0.875 bits per heavy atom. The van der Waals surface area contributed by atoms with Crippen LogP contribution < -0.4 is 25.3 Å². The minimum atomic E-state index is -0.804. The van der Waals surface area contributed by atoms with Gasteiger partial charge in [-0.1, -0.05) is 152 Å². The van der Waals surface area contributed by atoms with E-state index in [1.54, 1.807) is 6.07 Å². The molecule has 0 radical (unpaired) electrons. The van der Waals surface area contributed by atoms with Gasteiger partial charge in [0.25, 0.3) is 0 Å². The van der Waals surface area contributed by atoms with Crippen LogP contribution in [0, 0.1) is 0 Å². The fourth-order valence-corrected chi connectivity index (χ4v) is 6.88. The first-order chi connectivity index (χ1) is 27.6. The standard InChI is InChI=1S/C50H48N2O4/c51-46-32-43(25-30-49(46)56-36-40-19-11-4-12-20-40)48(53)33-52-47(31-37-13-5-1-6-14-37)50(41-21-26-44(27-22-41)54-34-38-15-7-2-8-16-38)42-23-28-45(29-24-42)55-35-39-17-9-3-10-18-39/h1-30,32,47-48,50,52-53H,31,33-36,51H2/t47?,48-/m0/s1. The second kappa shape index (κ2) is 19.3. The molecule has 0 saturated carbocycles. The quantitative estimate of drug-likeness (QED) is 0.0760. The number of rotatable bonds is 18. The summed E-state index contributed by atoms with van der Waals surface area (Å²) in [6.45, 7) is 1.72. The number of nitrogen functional groups attached to an aromatic ring is 1. The van der Waals surface area contributed by atoms with Crippen LogP contribution in [0.4, 0.5) is 5.69 Å². The fourth-order valence-electron chi connectivity index (χ4n) is 6.88. The van der Waals surface area contributed by atoms with E-state index >= 15 is 0 Å². The van der Waals surface area contributed by atoms with Crippen molar-refractivity contribution < 1.29 is 19.3 Å². The van der Waals surface area contributed by atoms with Gasteiger partial charge in [0, 0.05) is 18.5 Å². The first kappa shape index (κ1) is 38.0. The molecule has 6 heteroatoms. The largest absolute Gasteiger partial charge is 0.489 e. The van der Waals surface area contributed by atoms with E-state index in [-0.39, 0.29) is 12.0 Å². The van der Waals surface area contributed by atoms with Crippen LogP contribution in [0.1, 0.15) is 51.0 Å². The average Bonchev–Trinajstić information content (AvgIpc) is 3.26. The van der Waals surface area contributed by atoms with Crippen LogP contribution in [0.2, 0.25) is 0 Å². The van der Waals surface area contributed by atoms with Gasteiger partial charge < -0.3 is 30.4 Å². The van der Waals surface area contributed by atoms with Gasteiger partial charge in [0.2, 0.25) is 0 Å². The highest BCUT2D eigenvalue weighted by Crippen LogP contribution is 2.34. The zero-order valence-corrected chi connectivity index (χ0v) is 31.4. The Labute approximate surface area is 330 Å². The van der Waals surface area contributed by atoms with E-state index in [0.29, 0.717) is 37.8 Å². The smallest absolute Gasteiger partial charge is 0.142 e. The summed E-state index contributed by atoms with van der Waals surface area (Å²) in [4.78, 5) is 0. The summed E-state index contributed by atoms with van der Waals surface area (Å²) in [6, 6.07) is 63.0. The van der Waals surface area contributed by atoms with Crippen LogP contribution in [0.5, 0.6) is 17.2 Å². The molecule has 0 bridgehead atoms. The molecule has 0 heterocycles. The van der Waals surface area contributed by atoms with Crippen molar-refractivity contribution in [2.75, 3.05) is 12.3 Å². The lowest BCUT2D eigenvalue weighted by Crippen LogP contribution is -2.39. The van der Waals surface area contributed by atoms with Gasteiger partial charge >= 0.3 is 0 Å². The molecule has 7 rings (SSSR count). The molecule has 2 atom stereocenters. The summed E-state index contributed by atoms with van der Waals surface area (Å²) in [7, 11) is 0. The topological polar surface area (TPSA) is 86.0 Å². The Morgan fingerprint density at radius 1 is 0.464 bits per heavy atom. The van der Waals surface area contributed by atoms with Gasteiger partial charge in [0.15, 0.2) is 0 Å². The van der Waals surface area contributed by atoms with Gasteiger partial charge in [0.1, 0.15) is 37.1 Å². The van der Waals surface area contributed by atoms with Crippen LogP contribution in [-0.2, 0) is 26.2 Å². The van der Waals surface area contributed by atoms with Gasteiger partial charge in [-0.15, -0.1) is 0 Å². The molecule has 0 spiro atoms. The summed E-state index contributed by atoms with van der Waals surface area (Å²) in [6.07, 6.45) is -0.0764. The second-order valence-corrected chi connectivity index (χ2v) is 14.0. The number of hydrogen-bond donors (Lipinski definition) is 3. The highest BCUT2D eigenvalue weighted by Gasteiger charge is 2.27. The monoisotopic (exact) mass is 740 g/mol. The first-order valence-corrected chi connectivity index (χ1v) is 19.1. The molecule has 7 aromatic rings. The number of ether oxygens (including phenoxy) is 3. The number of hydrogen-bond acceptors (Lipinski definition) is 6. The van der Waals surface area contributed by atoms with E-state index in [2.05, 4.69) is 78.1 Å². The highest BCUT2D eigenvalue weighted by molar-refractivity contribution is 5.55. The zero-order chi connectivity index (χ0) is 38.4. The predicted octanol–water partition coefficient (Wildman–Crippen LogP) is 10.1. The van der Waals surface area contributed by atoms with E-state index in [0.717, 1.165) is 51.3 Å². The van der Waals surface area contributed by atoms with Crippen LogP contribution in [0.25, 0.3) is 0 Å². The molecule has 0 amide bonds. The summed E-state index contributed by atoms with van der Waals surface area (Å²) < 4.78 is 18.3. The van der Waals surface area contributed by atoms with Crippen molar-refractivity contribution in [3.05, 3.63) is 227 Å². The van der Waals surface area contributed by atoms with E-state index in [1.807, 2.05) is 109 Å². The van der Waals surface area contributed by atoms with Gasteiger partial charge in [0.05, 0.1) is 11.8 Å². The molecule has 56 heavy (non-hydrogen) atoms. The SMILES string of the molecule is Nc1cc([C@@H](O)CNC(Cc2ccccc2)C(c2ccc(OCc3ccccc3)cc2)c2ccc(OCc3ccccc3)cc2)ccc1OCc1ccccc1. The molecule has 0 aliphatic rings. The summed E-state index contributed by atoms with van der Waals surface area (Å²) in [5, 5.41) is 15.4. The molecule has 7 aromatic carbocycles. The highest BCUT2D eigenvalue weighted by atomic mass is 16.5. The Morgan fingerprint density at radius 3 is 1.32 bits per heavy atom. The Hall–Kier alpha value is -6.34. The second-order valence-electron chi connectivity index (χ2n) is 14.0. The van der Waals surface area contributed by atoms with E-state index in [9.17, 15) is 5.11 Å². The Balaban J connectivity index is 1.13. The van der Waals surface area contributed by atoms with Gasteiger partial charge in [-0.25, -0.2) is 0 Å². The number of nitrogens with two attached hydrogens (primary N) is 1. The van der Waals surface area contributed by atoms with Crippen molar-refractivity contribution in [2.45, 2.75) is 44.3 Å². The average molecular weight is 741 g/mol. The molecular weight excluding hydrogens is 693 g/mol. The van der Waals surface area contributed by atoms with Crippen molar-refractivity contribution in [2.24, 2.45) is 0 Å². The maximum atomic E-state index is 11.6. The lowest BCUT2D eigenvalue weighted by molar-refractivity contribution is 0.168. The maximum Gasteiger partial charge on any atom is 0.142 e. The maximum absolute atomic E-state index is 11.6. The lowest BCUT2D eigenvalue weighted by atomic mass is 9.82. The summed E-state index contributed by atoms with van der Waals surface area (Å²) in [5.41, 5.74) is 14.4. The number of aliphatic hydroxyl groups excluding tert-OH is 1. The molecule has 0 aliphatic carbocycles. The van der Waals surface area contributed by atoms with Gasteiger partial charge in [-0.3, -0.25) is 0 Å². The fraction of sp³-hybridized carbons (Fsp3) is 0.160. The van der Waals surface area contributed by atoms with Crippen LogP contribution in [0.3, 0.4) is 0 Å². The predicted molar refractivity (Wildman–Crippen MR) is 225 cm³/mol. The van der Waals surface area contributed by atoms with Crippen molar-refractivity contribution in [1.29, 1.82) is 0 Å². The molecule has 0 fully saturated rings. The number of benzene rings is 7. The molecule has 0 aliphatic heterocycles. The van der Waals surface area contributed by atoms with E-state index in [1.165, 1.54) is 5.56 Å². The van der Waals surface area contributed by atoms with Crippen molar-refractivity contribution in [1.82, 2.24) is 5.32 Å². The van der Waals surface area contributed by atoms with Crippen molar-refractivity contribution >= 4 is 5.69 Å². The van der Waals surface area contributed by atoms with Crippen LogP contribution >= 0.6 is 0 Å². The Kier molecular flexibility index (Phi) is 13.1. The third kappa shape index (κ3) is 10.7. The zero-order valence-electron chi connectivity index (χ0n) is 31.4. The molecule has 0 aromatic heterocycles. The normalized spacial score (nSPS) is 12.2. The first-order valence-electron chi connectivity index (χ1n) is 19.1. The number of nitrogens with one attached hydrogen (secondary N) is 1. The third-order valence-electron chi connectivity index (χ3n) is 9.91. The van der Waals surface area contributed by atoms with Crippen molar-refractivity contribution in [3.63, 3.8) is 0 Å². The molecule has 282 valence electrons. The van der Waals surface area contributed by atoms with Crippen LogP contribution in [-0.4, -0.2) is 17.7 Å². The van der Waals surface area contributed by atoms with Gasteiger partial charge in [-0.05, 0) is 81.8 Å². The van der Waals surface area contributed by atoms with Crippen LogP contribution in [0.15, 0.2) is 188 Å². The third-order valence-corrected chi connectivity index (χ3v) is 9.91. The van der Waals surface area contributed by atoms with Crippen molar-refractivity contribution in [3.8, 4) is 17.2 Å². The van der Waals surface area contributed by atoms with E-state index < -0.39 is 6.10 Å². The Bertz CT molecular complexity index is 2110. The molecule has 1 unspecified atom stereocenters. The minimum Gasteiger partial charge on any atom is -0.489 e.